The van der Waals surface area contributed by atoms with Gasteiger partial charge in [-0.25, -0.2) is 0 Å². The maximum absolute atomic E-state index is 0. The van der Waals surface area contributed by atoms with Crippen LogP contribution in [-0.2, 0) is 0 Å². The molecule has 0 aromatic rings. The second-order valence-electron chi connectivity index (χ2n) is 0. The van der Waals surface area contributed by atoms with Crippen LogP contribution in [0.15, 0.2) is 0 Å². The first kappa shape index (κ1) is 43.9. The molecule has 0 nitrogen and oxygen atoms in total. The maximum atomic E-state index is 0. The zero-order valence-electron chi connectivity index (χ0n) is 3.62. The molecule has 0 radical (unpaired) electrons. The Kier molecular flexibility index (Phi) is 237. The Labute approximate surface area is 146 Å². The monoisotopic (exact) mass is 1030 g/mol. The minimum atomic E-state index is 0. The van der Waals surface area contributed by atoms with E-state index in [-0.39, 0.29) is 150 Å². The Hall–Kier alpha value is 5.02. The van der Waals surface area contributed by atoms with Crippen molar-refractivity contribution in [2.75, 3.05) is 0 Å². The summed E-state index contributed by atoms with van der Waals surface area (Å²) >= 11 is 0. The molecule has 0 rings (SSSR count). The van der Waals surface area contributed by atoms with Crippen molar-refractivity contribution in [1.29, 1.82) is 0 Å². The second kappa shape index (κ2) is 32.4. The van der Waals surface area contributed by atoms with Gasteiger partial charge in [0.25, 0.3) is 0 Å². The molecule has 0 amide bonds. The van der Waals surface area contributed by atoms with Crippen LogP contribution in [0.1, 0.15) is 0 Å². The molecule has 6 heteroatoms. The first-order valence-corrected chi connectivity index (χ1v) is 0. The Morgan fingerprint density at radius 1 is 0.333 bits per heavy atom. The molecule has 0 atom stereocenters. The van der Waals surface area contributed by atoms with Gasteiger partial charge in [-0.05, 0) is 0 Å². The van der Waals surface area contributed by atoms with Crippen molar-refractivity contribution in [3.8, 4) is 0 Å². The van der Waals surface area contributed by atoms with Crippen molar-refractivity contribution >= 4 is 150 Å². The normalized spacial score (nSPS) is 0. The zero-order valence-corrected chi connectivity index (χ0v) is 28.7. The standard InChI is InChI=1S/3Bi.3H2Te.9H/h;;;3*1H2;;;;;;;;;. The van der Waals surface area contributed by atoms with Crippen LogP contribution >= 0.6 is 0 Å². The van der Waals surface area contributed by atoms with Crippen LogP contribution in [0.3, 0.4) is 0 Å². The van der Waals surface area contributed by atoms with Crippen LogP contribution in [0.2, 0.25) is 0 Å². The van der Waals surface area contributed by atoms with Gasteiger partial charge in [0.05, 0.1) is 0 Å². The Morgan fingerprint density at radius 2 is 0.333 bits per heavy atom. The molecule has 0 saturated heterocycles. The van der Waals surface area contributed by atoms with Crippen molar-refractivity contribution in [2.24, 2.45) is 0 Å². The fourth-order valence-electron chi connectivity index (χ4n) is 0. The molecule has 0 unspecified atom stereocenters. The number of hydrogen-bond acceptors (Lipinski definition) is 0. The van der Waals surface area contributed by atoms with E-state index in [2.05, 4.69) is 0 Å². The second-order valence-corrected chi connectivity index (χ2v) is 0. The molecule has 0 aliphatic carbocycles. The molecule has 0 aliphatic heterocycles. The van der Waals surface area contributed by atoms with Gasteiger partial charge in [-0.2, -0.15) is 0 Å². The molecule has 0 fully saturated rings. The van der Waals surface area contributed by atoms with E-state index < -0.39 is 0 Å². The van der Waals surface area contributed by atoms with Crippen molar-refractivity contribution in [3.63, 3.8) is 0 Å². The molecule has 0 saturated carbocycles. The Bertz CT molecular complexity index is 6.00. The fraction of sp³-hybridized carbons (Fsp3) is 0. The SMILES string of the molecule is [BiH3].[BiH3].[BiH3].[TeH2].[TeH2].[TeH2]. The van der Waals surface area contributed by atoms with E-state index in [9.17, 15) is 0 Å². The van der Waals surface area contributed by atoms with E-state index in [1.807, 2.05) is 0 Å². The Morgan fingerprint density at radius 3 is 0.333 bits per heavy atom. The summed E-state index contributed by atoms with van der Waals surface area (Å²) in [5.74, 6) is 0. The molecule has 6 heavy (non-hydrogen) atoms. The number of hydrogen-bond donors (Lipinski definition) is 0. The molecule has 0 N–H and O–H groups in total. The summed E-state index contributed by atoms with van der Waals surface area (Å²) < 4.78 is 0. The van der Waals surface area contributed by atoms with Crippen LogP contribution in [0.4, 0.5) is 0 Å². The molecular formula is H15Bi3Te3. The van der Waals surface area contributed by atoms with Gasteiger partial charge < -0.3 is 0 Å². The van der Waals surface area contributed by atoms with Crippen molar-refractivity contribution in [1.82, 2.24) is 0 Å². The predicted octanol–water partition coefficient (Wildman–Crippen LogP) is -6.30. The van der Waals surface area contributed by atoms with Gasteiger partial charge in [0.15, 0.2) is 0 Å². The van der Waals surface area contributed by atoms with E-state index in [4.69, 9.17) is 0 Å². The molecule has 0 bridgehead atoms. The first-order valence-electron chi connectivity index (χ1n) is 0. The fourth-order valence-corrected chi connectivity index (χ4v) is 0. The molecule has 0 spiro atoms. The van der Waals surface area contributed by atoms with Gasteiger partial charge in [-0.1, -0.05) is 0 Å². The molecule has 0 aromatic heterocycles. The summed E-state index contributed by atoms with van der Waals surface area (Å²) in [4.78, 5) is 0. The summed E-state index contributed by atoms with van der Waals surface area (Å²) in [6.45, 7) is 0. The van der Waals surface area contributed by atoms with Gasteiger partial charge in [0.2, 0.25) is 0 Å². The zero-order chi connectivity index (χ0) is 0. The quantitative estimate of drug-likeness (QED) is 0.213. The van der Waals surface area contributed by atoms with Crippen LogP contribution in [-0.4, -0.2) is 150 Å². The predicted molar refractivity (Wildman–Crippen MR) is 55.4 cm³/mol. The summed E-state index contributed by atoms with van der Waals surface area (Å²) in [5, 5.41) is 0. The van der Waals surface area contributed by atoms with E-state index in [1.54, 1.807) is 0 Å². The molecular weight excluding hydrogens is 1010 g/mol. The van der Waals surface area contributed by atoms with E-state index in [0.717, 1.165) is 0 Å². The summed E-state index contributed by atoms with van der Waals surface area (Å²) in [7, 11) is 0. The van der Waals surface area contributed by atoms with Crippen molar-refractivity contribution in [2.45, 2.75) is 0 Å². The van der Waals surface area contributed by atoms with Crippen LogP contribution in [0.25, 0.3) is 0 Å². The third-order valence-electron chi connectivity index (χ3n) is 0. The third kappa shape index (κ3) is 23.0. The van der Waals surface area contributed by atoms with Crippen molar-refractivity contribution < 1.29 is 0 Å². The minimum absolute atomic E-state index is 0. The van der Waals surface area contributed by atoms with Crippen LogP contribution in [0.5, 0.6) is 0 Å². The average molecular weight is 1020 g/mol. The third-order valence-corrected chi connectivity index (χ3v) is 0. The van der Waals surface area contributed by atoms with Crippen molar-refractivity contribution in [3.05, 3.63) is 0 Å². The van der Waals surface area contributed by atoms with Crippen LogP contribution in [0, 0.1) is 0 Å². The summed E-state index contributed by atoms with van der Waals surface area (Å²) in [5.41, 5.74) is 0. The van der Waals surface area contributed by atoms with Gasteiger partial charge in [-0.15, -0.1) is 0 Å². The summed E-state index contributed by atoms with van der Waals surface area (Å²) in [6.07, 6.45) is 0. The molecule has 48 valence electrons. The van der Waals surface area contributed by atoms with E-state index >= 15 is 0 Å². The van der Waals surface area contributed by atoms with Gasteiger partial charge in [0, 0.05) is 0 Å². The van der Waals surface area contributed by atoms with Gasteiger partial charge in [0.1, 0.15) is 0 Å². The number of rotatable bonds is 0. The molecule has 0 aliphatic rings. The average Bonchev–Trinajstić information content (AvgIpc) is 0. The molecule has 0 aromatic carbocycles. The summed E-state index contributed by atoms with van der Waals surface area (Å²) in [6, 6.07) is 0. The Balaban J connectivity index is 0. The van der Waals surface area contributed by atoms with Gasteiger partial charge in [-0.3, -0.25) is 0 Å². The molecule has 0 heterocycles. The topological polar surface area (TPSA) is 0 Å². The first-order chi connectivity index (χ1) is 0. The van der Waals surface area contributed by atoms with Gasteiger partial charge >= 0.3 is 150 Å². The van der Waals surface area contributed by atoms with E-state index in [0.29, 0.717) is 0 Å². The van der Waals surface area contributed by atoms with E-state index in [1.165, 1.54) is 0 Å². The van der Waals surface area contributed by atoms with Crippen LogP contribution < -0.4 is 0 Å².